The molecule has 5 rings (SSSR count). The van der Waals surface area contributed by atoms with Gasteiger partial charge in [0.1, 0.15) is 10.9 Å². The van der Waals surface area contributed by atoms with Crippen molar-refractivity contribution in [3.05, 3.63) is 93.4 Å². The molecule has 0 radical (unpaired) electrons. The van der Waals surface area contributed by atoms with E-state index in [1.54, 1.807) is 13.3 Å². The summed E-state index contributed by atoms with van der Waals surface area (Å²) >= 11 is 0. The van der Waals surface area contributed by atoms with Gasteiger partial charge >= 0.3 is 0 Å². The summed E-state index contributed by atoms with van der Waals surface area (Å²) in [6.07, 6.45) is 4.75. The lowest BCUT2D eigenvalue weighted by Gasteiger charge is -2.27. The highest BCUT2D eigenvalue weighted by atomic mass is 16.7. The first kappa shape index (κ1) is 21.9. The topological polar surface area (TPSA) is 83.9 Å². The summed E-state index contributed by atoms with van der Waals surface area (Å²) in [6, 6.07) is 19.7. The van der Waals surface area contributed by atoms with E-state index >= 15 is 0 Å². The van der Waals surface area contributed by atoms with Crippen LogP contribution in [0.25, 0.3) is 21.5 Å². The standard InChI is InChI=1S/C27H28N4O3/c1-3-30(27(28-2)29-31(32)33)17-26-22(14-15-34-26)20-9-8-19-11-12-23-21-7-5-4-6-18(21)10-13-24(23)25(19)16-20/h4-7,10-15,20H,3,8-9,16-17H2,1-2H3,(H,28,29). The third kappa shape index (κ3) is 3.98. The van der Waals surface area contributed by atoms with Crippen molar-refractivity contribution in [2.75, 3.05) is 13.6 Å². The quantitative estimate of drug-likeness (QED) is 0.142. The van der Waals surface area contributed by atoms with Gasteiger partial charge in [-0.25, -0.2) is 10.1 Å². The molecule has 34 heavy (non-hydrogen) atoms. The minimum absolute atomic E-state index is 0.224. The maximum absolute atomic E-state index is 10.9. The van der Waals surface area contributed by atoms with E-state index in [-0.39, 0.29) is 5.96 Å². The molecular formula is C27H28N4O3. The first-order valence-corrected chi connectivity index (χ1v) is 11.7. The van der Waals surface area contributed by atoms with Gasteiger partial charge in [0.15, 0.2) is 5.03 Å². The van der Waals surface area contributed by atoms with Crippen molar-refractivity contribution in [1.29, 1.82) is 0 Å². The molecule has 0 spiro atoms. The molecule has 0 saturated heterocycles. The maximum atomic E-state index is 10.9. The second-order valence-electron chi connectivity index (χ2n) is 8.75. The smallest absolute Gasteiger partial charge is 0.271 e. The van der Waals surface area contributed by atoms with Crippen molar-refractivity contribution in [1.82, 2.24) is 10.2 Å². The molecule has 0 aliphatic heterocycles. The SMILES string of the molecule is CCN(Cc1occc1C1CCc2ccc3c(ccc4ccccc43)c2C1)C(=N[N+](=O)[O-])NC. The average Bonchev–Trinajstić information content (AvgIpc) is 3.33. The van der Waals surface area contributed by atoms with Crippen LogP contribution in [-0.2, 0) is 19.4 Å². The molecule has 0 amide bonds. The van der Waals surface area contributed by atoms with E-state index in [1.165, 1.54) is 38.2 Å². The van der Waals surface area contributed by atoms with E-state index < -0.39 is 5.03 Å². The molecule has 0 saturated carbocycles. The van der Waals surface area contributed by atoms with Crippen LogP contribution in [0.2, 0.25) is 0 Å². The van der Waals surface area contributed by atoms with Gasteiger partial charge in [-0.2, -0.15) is 0 Å². The van der Waals surface area contributed by atoms with Crippen molar-refractivity contribution in [2.45, 2.75) is 38.6 Å². The van der Waals surface area contributed by atoms with Crippen LogP contribution in [0.5, 0.6) is 0 Å². The molecule has 3 aromatic carbocycles. The van der Waals surface area contributed by atoms with Crippen molar-refractivity contribution in [3.8, 4) is 0 Å². The van der Waals surface area contributed by atoms with Crippen LogP contribution in [0, 0.1) is 10.1 Å². The Morgan fingerprint density at radius 3 is 2.76 bits per heavy atom. The summed E-state index contributed by atoms with van der Waals surface area (Å²) < 4.78 is 5.89. The number of nitrogens with zero attached hydrogens (tertiary/aromatic N) is 3. The number of hydrogen-bond donors (Lipinski definition) is 1. The third-order valence-corrected chi connectivity index (χ3v) is 6.98. The fraction of sp³-hybridized carbons (Fsp3) is 0.296. The van der Waals surface area contributed by atoms with E-state index in [9.17, 15) is 10.1 Å². The zero-order valence-electron chi connectivity index (χ0n) is 19.5. The molecule has 1 atom stereocenters. The Bertz CT molecular complexity index is 1390. The van der Waals surface area contributed by atoms with E-state index in [0.717, 1.165) is 25.0 Å². The molecule has 1 aromatic heterocycles. The highest BCUT2D eigenvalue weighted by Crippen LogP contribution is 2.39. The number of hydrazone groups is 1. The molecule has 1 aliphatic rings. The van der Waals surface area contributed by atoms with Gasteiger partial charge in [-0.05, 0) is 76.4 Å². The Kier molecular flexibility index (Phi) is 5.92. The van der Waals surface area contributed by atoms with Crippen LogP contribution in [-0.4, -0.2) is 29.5 Å². The van der Waals surface area contributed by atoms with Crippen LogP contribution in [0.3, 0.4) is 0 Å². The normalized spacial score (nSPS) is 15.9. The largest absolute Gasteiger partial charge is 0.467 e. The Labute approximate surface area is 198 Å². The fourth-order valence-corrected chi connectivity index (χ4v) is 5.32. The Morgan fingerprint density at radius 2 is 1.97 bits per heavy atom. The summed E-state index contributed by atoms with van der Waals surface area (Å²) in [7, 11) is 1.64. The number of rotatable bonds is 5. The third-order valence-electron chi connectivity index (χ3n) is 6.98. The monoisotopic (exact) mass is 456 g/mol. The predicted octanol–water partition coefficient (Wildman–Crippen LogP) is 5.45. The number of aryl methyl sites for hydroxylation is 1. The molecule has 1 N–H and O–H groups in total. The lowest BCUT2D eigenvalue weighted by Crippen LogP contribution is -2.39. The van der Waals surface area contributed by atoms with Crippen LogP contribution >= 0.6 is 0 Å². The number of guanidine groups is 1. The van der Waals surface area contributed by atoms with Gasteiger partial charge in [-0.3, -0.25) is 0 Å². The van der Waals surface area contributed by atoms with Crippen molar-refractivity contribution in [2.24, 2.45) is 5.10 Å². The van der Waals surface area contributed by atoms with Gasteiger partial charge in [-0.1, -0.05) is 48.5 Å². The number of nitro groups is 1. The van der Waals surface area contributed by atoms with Gasteiger partial charge in [0.25, 0.3) is 5.96 Å². The predicted molar refractivity (Wildman–Crippen MR) is 135 cm³/mol. The molecule has 0 fully saturated rings. The van der Waals surface area contributed by atoms with Crippen molar-refractivity contribution < 1.29 is 9.45 Å². The maximum Gasteiger partial charge on any atom is 0.271 e. The van der Waals surface area contributed by atoms with E-state index in [2.05, 4.69) is 65.0 Å². The number of nitrogens with one attached hydrogen (secondary N) is 1. The second-order valence-corrected chi connectivity index (χ2v) is 8.75. The number of hydrogen-bond acceptors (Lipinski definition) is 3. The highest BCUT2D eigenvalue weighted by molar-refractivity contribution is 6.08. The molecule has 1 aliphatic carbocycles. The Balaban J connectivity index is 1.47. The van der Waals surface area contributed by atoms with E-state index in [4.69, 9.17) is 4.42 Å². The summed E-state index contributed by atoms with van der Waals surface area (Å²) in [5.74, 6) is 1.40. The Morgan fingerprint density at radius 1 is 1.15 bits per heavy atom. The van der Waals surface area contributed by atoms with Crippen LogP contribution in [0.4, 0.5) is 0 Å². The molecular weight excluding hydrogens is 428 g/mol. The minimum Gasteiger partial charge on any atom is -0.467 e. The molecule has 174 valence electrons. The van der Waals surface area contributed by atoms with Crippen molar-refractivity contribution >= 4 is 27.5 Å². The average molecular weight is 457 g/mol. The van der Waals surface area contributed by atoms with E-state index in [1.807, 2.05) is 11.8 Å². The summed E-state index contributed by atoms with van der Waals surface area (Å²) in [5, 5.41) is 21.8. The van der Waals surface area contributed by atoms with Crippen LogP contribution in [0.15, 0.2) is 70.4 Å². The summed E-state index contributed by atoms with van der Waals surface area (Å²) in [5.41, 5.74) is 4.03. The Hall–Kier alpha value is -3.87. The molecule has 0 bridgehead atoms. The summed E-state index contributed by atoms with van der Waals surface area (Å²) in [6.45, 7) is 2.94. The summed E-state index contributed by atoms with van der Waals surface area (Å²) in [4.78, 5) is 12.8. The zero-order valence-corrected chi connectivity index (χ0v) is 19.5. The van der Waals surface area contributed by atoms with Gasteiger partial charge in [0.05, 0.1) is 12.8 Å². The lowest BCUT2D eigenvalue weighted by atomic mass is 9.78. The zero-order chi connectivity index (χ0) is 23.7. The van der Waals surface area contributed by atoms with Gasteiger partial charge in [0.2, 0.25) is 0 Å². The molecule has 7 nitrogen and oxygen atoms in total. The molecule has 1 unspecified atom stereocenters. The highest BCUT2D eigenvalue weighted by Gasteiger charge is 2.26. The number of fused-ring (bicyclic) bond motifs is 5. The van der Waals surface area contributed by atoms with Crippen LogP contribution in [0.1, 0.15) is 41.7 Å². The molecule has 1 heterocycles. The first-order chi connectivity index (χ1) is 16.6. The molecule has 7 heteroatoms. The van der Waals surface area contributed by atoms with Crippen LogP contribution < -0.4 is 5.32 Å². The van der Waals surface area contributed by atoms with E-state index in [0.29, 0.717) is 19.0 Å². The second kappa shape index (κ2) is 9.17. The first-order valence-electron chi connectivity index (χ1n) is 11.7. The minimum atomic E-state index is -0.676. The number of furan rings is 1. The fourth-order valence-electron chi connectivity index (χ4n) is 5.32. The number of benzene rings is 3. The van der Waals surface area contributed by atoms with Gasteiger partial charge in [-0.15, -0.1) is 0 Å². The lowest BCUT2D eigenvalue weighted by molar-refractivity contribution is -0.486. The molecule has 4 aromatic rings. The van der Waals surface area contributed by atoms with Gasteiger partial charge in [0, 0.05) is 13.6 Å². The van der Waals surface area contributed by atoms with Gasteiger partial charge < -0.3 is 14.6 Å². The van der Waals surface area contributed by atoms with Crippen molar-refractivity contribution in [3.63, 3.8) is 0 Å².